The Morgan fingerprint density at radius 3 is 2.34 bits per heavy atom. The summed E-state index contributed by atoms with van der Waals surface area (Å²) < 4.78 is 0. The third-order valence-corrected chi connectivity index (χ3v) is 5.78. The van der Waals surface area contributed by atoms with Crippen molar-refractivity contribution in [1.82, 2.24) is 0 Å². The minimum atomic E-state index is -0.878. The molecule has 3 aliphatic carbocycles. The van der Waals surface area contributed by atoms with Crippen molar-refractivity contribution in [2.24, 2.45) is 0 Å². The normalized spacial score (nSPS) is 16.7. The van der Waals surface area contributed by atoms with Crippen molar-refractivity contribution in [2.45, 2.75) is 51.4 Å². The van der Waals surface area contributed by atoms with Gasteiger partial charge in [0, 0.05) is 0 Å². The molecule has 0 aromatic heterocycles. The van der Waals surface area contributed by atoms with Crippen LogP contribution in [0, 0.1) is 6.42 Å². The van der Waals surface area contributed by atoms with E-state index in [2.05, 4.69) is 6.42 Å². The summed E-state index contributed by atoms with van der Waals surface area (Å²) in [5, 5.41) is 10.6. The molecule has 5 heteroatoms. The summed E-state index contributed by atoms with van der Waals surface area (Å²) in [7, 11) is 0. The second-order valence-electron chi connectivity index (χ2n) is 7.40. The molecule has 0 bridgehead atoms. The third-order valence-electron chi connectivity index (χ3n) is 5.78. The first-order valence-corrected chi connectivity index (χ1v) is 9.71. The van der Waals surface area contributed by atoms with Gasteiger partial charge >= 0.3 is 27.7 Å². The number of hydrogen-bond acceptors (Lipinski definition) is 1. The Kier molecular flexibility index (Phi) is 10.6. The topological polar surface area (TPSA) is 37.3 Å². The van der Waals surface area contributed by atoms with Gasteiger partial charge in [-0.1, -0.05) is 61.2 Å². The van der Waals surface area contributed by atoms with Crippen molar-refractivity contribution in [3.05, 3.63) is 76.7 Å². The van der Waals surface area contributed by atoms with Crippen molar-refractivity contribution >= 4 is 16.7 Å². The second-order valence-corrected chi connectivity index (χ2v) is 7.40. The van der Waals surface area contributed by atoms with Gasteiger partial charge in [-0.2, -0.15) is 5.57 Å². The molecule has 3 aliphatic rings. The van der Waals surface area contributed by atoms with Crippen LogP contribution < -0.4 is 24.8 Å². The van der Waals surface area contributed by atoms with E-state index in [4.69, 9.17) is 5.11 Å². The number of carboxylic acids is 1. The van der Waals surface area contributed by atoms with E-state index in [9.17, 15) is 4.79 Å². The number of carboxylic acid groups (broad SMARTS) is 1. The molecule has 0 saturated carbocycles. The van der Waals surface area contributed by atoms with Crippen LogP contribution in [0.1, 0.15) is 61.7 Å². The van der Waals surface area contributed by atoms with E-state index in [0.29, 0.717) is 5.56 Å². The van der Waals surface area contributed by atoms with Crippen LogP contribution >= 0.6 is 0 Å². The van der Waals surface area contributed by atoms with Crippen molar-refractivity contribution in [2.75, 3.05) is 0 Å². The average molecular weight is 464 g/mol. The SMILES string of the molecule is O=C(O)c1cccc2ccccc12.[CH-]1CCCC2=C1CC1=C2CCCC1.[Cl-].[Cl-].[Ti+3]. The van der Waals surface area contributed by atoms with E-state index in [-0.39, 0.29) is 46.5 Å². The predicted molar refractivity (Wildman–Crippen MR) is 106 cm³/mol. The standard InChI is InChI=1S/C13H17.C11H8O2.2ClH.Ti/c1-3-7-12-10(5-1)9-11-6-2-4-8-13(11)12;12-11(13)10-7-3-5-8-4-1-2-6-9(8)10;;;/h5H,1-4,6-9H2;1-7H,(H,12,13);2*1H;/q-1;;;;+3/p-2. The molecule has 2 aromatic rings. The molecule has 0 heterocycles. The summed E-state index contributed by atoms with van der Waals surface area (Å²) in [5.41, 5.74) is 7.42. The van der Waals surface area contributed by atoms with E-state index >= 15 is 0 Å². The Hall–Kier alpha value is -1.19. The summed E-state index contributed by atoms with van der Waals surface area (Å²) in [6.45, 7) is 0. The minimum absolute atomic E-state index is 0. The molecule has 29 heavy (non-hydrogen) atoms. The number of carbonyl (C=O) groups is 1. The molecule has 2 nitrogen and oxygen atoms in total. The van der Waals surface area contributed by atoms with E-state index in [1.54, 1.807) is 34.4 Å². The Balaban J connectivity index is 0.000000263. The quantitative estimate of drug-likeness (QED) is 0.493. The largest absolute Gasteiger partial charge is 3.00 e. The van der Waals surface area contributed by atoms with E-state index in [1.807, 2.05) is 30.3 Å². The Morgan fingerprint density at radius 1 is 0.862 bits per heavy atom. The number of aromatic carboxylic acids is 1. The number of fused-ring (bicyclic) bond motifs is 2. The molecular formula is C24H25Cl2O2Ti. The van der Waals surface area contributed by atoms with Crippen molar-refractivity contribution in [1.29, 1.82) is 0 Å². The number of rotatable bonds is 1. The van der Waals surface area contributed by atoms with Gasteiger partial charge in [-0.3, -0.25) is 0 Å². The van der Waals surface area contributed by atoms with Crippen LogP contribution in [0.5, 0.6) is 0 Å². The molecule has 0 saturated heterocycles. The smallest absolute Gasteiger partial charge is 1.00 e. The van der Waals surface area contributed by atoms with Crippen LogP contribution in [0.15, 0.2) is 64.8 Å². The molecule has 1 radical (unpaired) electrons. The van der Waals surface area contributed by atoms with Crippen LogP contribution in [0.2, 0.25) is 0 Å². The van der Waals surface area contributed by atoms with Gasteiger partial charge in [0.1, 0.15) is 0 Å². The van der Waals surface area contributed by atoms with Crippen LogP contribution in [0.25, 0.3) is 10.8 Å². The van der Waals surface area contributed by atoms with Gasteiger partial charge in [0.25, 0.3) is 0 Å². The van der Waals surface area contributed by atoms with E-state index in [0.717, 1.165) is 10.8 Å². The molecule has 2 aromatic carbocycles. The van der Waals surface area contributed by atoms with Gasteiger partial charge in [0.2, 0.25) is 0 Å². The van der Waals surface area contributed by atoms with Gasteiger partial charge < -0.3 is 29.9 Å². The van der Waals surface area contributed by atoms with Crippen molar-refractivity contribution in [3.8, 4) is 0 Å². The molecular weight excluding hydrogens is 439 g/mol. The summed E-state index contributed by atoms with van der Waals surface area (Å²) in [6.07, 6.45) is 13.6. The van der Waals surface area contributed by atoms with Crippen molar-refractivity contribution < 1.29 is 56.4 Å². The molecule has 0 amide bonds. The second kappa shape index (κ2) is 11.9. The summed E-state index contributed by atoms with van der Waals surface area (Å²) in [5.74, 6) is -0.878. The number of halogens is 2. The van der Waals surface area contributed by atoms with Gasteiger partial charge in [-0.05, 0) is 42.5 Å². The first kappa shape index (κ1) is 25.9. The molecule has 0 unspecified atom stereocenters. The maximum atomic E-state index is 10.8. The van der Waals surface area contributed by atoms with Crippen LogP contribution in [0.3, 0.4) is 0 Å². The van der Waals surface area contributed by atoms with Crippen LogP contribution in [-0.2, 0) is 21.7 Å². The van der Waals surface area contributed by atoms with Gasteiger partial charge in [0.15, 0.2) is 0 Å². The van der Waals surface area contributed by atoms with Crippen LogP contribution in [-0.4, -0.2) is 11.1 Å². The van der Waals surface area contributed by atoms with Gasteiger partial charge in [-0.25, -0.2) is 16.8 Å². The Morgan fingerprint density at radius 2 is 1.55 bits per heavy atom. The van der Waals surface area contributed by atoms with E-state index in [1.165, 1.54) is 51.4 Å². The first-order valence-electron chi connectivity index (χ1n) is 9.71. The Labute approximate surface area is 200 Å². The Bertz CT molecular complexity index is 883. The number of hydrogen-bond donors (Lipinski definition) is 1. The number of allylic oxidation sites excluding steroid dienone is 4. The zero-order chi connectivity index (χ0) is 17.9. The molecule has 0 aliphatic heterocycles. The zero-order valence-electron chi connectivity index (χ0n) is 16.4. The van der Waals surface area contributed by atoms with Crippen LogP contribution in [0.4, 0.5) is 0 Å². The maximum Gasteiger partial charge on any atom is 3.00 e. The van der Waals surface area contributed by atoms with Gasteiger partial charge in [-0.15, -0.1) is 12.0 Å². The molecule has 0 fully saturated rings. The minimum Gasteiger partial charge on any atom is -1.00 e. The monoisotopic (exact) mass is 463 g/mol. The summed E-state index contributed by atoms with van der Waals surface area (Å²) >= 11 is 0. The molecule has 5 rings (SSSR count). The average Bonchev–Trinajstić information content (AvgIpc) is 3.07. The fourth-order valence-electron chi connectivity index (χ4n) is 4.53. The fourth-order valence-corrected chi connectivity index (χ4v) is 4.53. The summed E-state index contributed by atoms with van der Waals surface area (Å²) in [6, 6.07) is 12.7. The zero-order valence-corrected chi connectivity index (χ0v) is 19.5. The van der Waals surface area contributed by atoms with E-state index < -0.39 is 5.97 Å². The first-order chi connectivity index (χ1) is 12.7. The summed E-state index contributed by atoms with van der Waals surface area (Å²) in [4.78, 5) is 10.8. The molecule has 0 spiro atoms. The van der Waals surface area contributed by atoms with Crippen molar-refractivity contribution in [3.63, 3.8) is 0 Å². The maximum absolute atomic E-state index is 10.8. The number of benzene rings is 2. The predicted octanol–water partition coefficient (Wildman–Crippen LogP) is 0.489. The molecule has 1 N–H and O–H groups in total. The fraction of sp³-hybridized carbons (Fsp3) is 0.333. The van der Waals surface area contributed by atoms with Gasteiger partial charge in [0.05, 0.1) is 5.56 Å². The molecule has 0 atom stereocenters. The third kappa shape index (κ3) is 5.70. The molecule has 151 valence electrons.